The number of aliphatic carboxylic acids is 1. The maximum absolute atomic E-state index is 13.7. The van der Waals surface area contributed by atoms with Crippen molar-refractivity contribution >= 4 is 23.5 Å². The van der Waals surface area contributed by atoms with Gasteiger partial charge in [0.1, 0.15) is 11.9 Å². The highest BCUT2D eigenvalue weighted by atomic mass is 19.1. The lowest BCUT2D eigenvalue weighted by atomic mass is 9.32. The monoisotopic (exact) mass is 705 g/mol. The molecule has 5 aliphatic rings. The van der Waals surface area contributed by atoms with Crippen LogP contribution in [0.25, 0.3) is 0 Å². The molecule has 282 valence electrons. The number of hydrogen-bond donors (Lipinski definition) is 2. The molecule has 1 aromatic carbocycles. The van der Waals surface area contributed by atoms with Gasteiger partial charge in [-0.2, -0.15) is 0 Å². The van der Waals surface area contributed by atoms with E-state index in [4.69, 9.17) is 4.74 Å². The average Bonchev–Trinajstić information content (AvgIpc) is 3.38. The van der Waals surface area contributed by atoms with Crippen molar-refractivity contribution in [1.29, 1.82) is 0 Å². The van der Waals surface area contributed by atoms with Crippen LogP contribution in [0.4, 0.5) is 10.1 Å². The van der Waals surface area contributed by atoms with Crippen molar-refractivity contribution in [2.24, 2.45) is 62.1 Å². The van der Waals surface area contributed by atoms with E-state index in [9.17, 15) is 23.9 Å². The molecule has 5 fully saturated rings. The van der Waals surface area contributed by atoms with Crippen molar-refractivity contribution in [3.8, 4) is 0 Å². The second-order valence-electron chi connectivity index (χ2n) is 20.0. The van der Waals surface area contributed by atoms with E-state index in [2.05, 4.69) is 53.4 Å². The number of halogens is 1. The number of rotatable bonds is 9. The predicted molar refractivity (Wildman–Crippen MR) is 199 cm³/mol. The summed E-state index contributed by atoms with van der Waals surface area (Å²) in [6.45, 7) is 22.8. The third kappa shape index (κ3) is 6.38. The zero-order chi connectivity index (χ0) is 37.4. The van der Waals surface area contributed by atoms with Crippen LogP contribution in [0.5, 0.6) is 0 Å². The van der Waals surface area contributed by atoms with Crippen LogP contribution in [0.3, 0.4) is 0 Å². The lowest BCUT2D eigenvalue weighted by Crippen LogP contribution is -2.66. The zero-order valence-corrected chi connectivity index (χ0v) is 32.6. The van der Waals surface area contributed by atoms with E-state index < -0.39 is 11.4 Å². The Morgan fingerprint density at radius 3 is 2.22 bits per heavy atom. The minimum Gasteiger partial charge on any atom is -0.481 e. The van der Waals surface area contributed by atoms with Crippen LogP contribution < -0.4 is 5.32 Å². The van der Waals surface area contributed by atoms with Gasteiger partial charge in [-0.3, -0.25) is 14.4 Å². The molecule has 51 heavy (non-hydrogen) atoms. The Morgan fingerprint density at radius 2 is 1.57 bits per heavy atom. The number of anilines is 1. The number of ether oxygens (including phenoxy) is 1. The number of carboxylic acid groups (broad SMARTS) is 1. The van der Waals surface area contributed by atoms with Gasteiger partial charge in [0.25, 0.3) is 0 Å². The number of carbonyl (C=O) groups excluding carboxylic acids is 2. The Balaban J connectivity index is 1.23. The molecule has 5 saturated carbocycles. The molecule has 0 saturated heterocycles. The Morgan fingerprint density at radius 1 is 0.882 bits per heavy atom. The van der Waals surface area contributed by atoms with E-state index in [1.165, 1.54) is 30.5 Å². The van der Waals surface area contributed by atoms with Gasteiger partial charge in [-0.15, -0.1) is 0 Å². The first-order valence-corrected chi connectivity index (χ1v) is 19.8. The molecule has 1 amide bonds. The molecule has 0 aromatic heterocycles. The number of carbonyl (C=O) groups is 3. The maximum atomic E-state index is 13.7. The van der Waals surface area contributed by atoms with Crippen LogP contribution in [0, 0.1) is 67.9 Å². The summed E-state index contributed by atoms with van der Waals surface area (Å²) in [4.78, 5) is 38.3. The summed E-state index contributed by atoms with van der Waals surface area (Å²) in [6.07, 6.45) is 11.2. The van der Waals surface area contributed by atoms with Crippen LogP contribution in [-0.4, -0.2) is 29.1 Å². The summed E-state index contributed by atoms with van der Waals surface area (Å²) < 4.78 is 19.8. The number of hydrogen-bond acceptors (Lipinski definition) is 4. The van der Waals surface area contributed by atoms with E-state index in [-0.39, 0.29) is 63.7 Å². The van der Waals surface area contributed by atoms with Crippen molar-refractivity contribution in [3.63, 3.8) is 0 Å². The lowest BCUT2D eigenvalue weighted by molar-refractivity contribution is -0.250. The molecule has 6 rings (SSSR count). The highest BCUT2D eigenvalue weighted by Gasteiger charge is 2.71. The Hall–Kier alpha value is -2.70. The molecule has 0 radical (unpaired) electrons. The number of nitrogens with one attached hydrogen (secondary N) is 1. The normalized spacial score (nSPS) is 39.8. The number of carboxylic acids is 1. The highest BCUT2D eigenvalue weighted by Crippen LogP contribution is 2.78. The zero-order valence-electron chi connectivity index (χ0n) is 32.6. The van der Waals surface area contributed by atoms with Gasteiger partial charge in [0.2, 0.25) is 5.91 Å². The molecule has 1 aromatic rings. The van der Waals surface area contributed by atoms with Gasteiger partial charge in [-0.1, -0.05) is 60.6 Å². The fraction of sp³-hybridized carbons (Fsp3) is 0.750. The predicted octanol–water partition coefficient (Wildman–Crippen LogP) is 10.6. The molecule has 7 heteroatoms. The number of benzene rings is 1. The second-order valence-corrected chi connectivity index (χ2v) is 20.0. The van der Waals surface area contributed by atoms with Crippen LogP contribution in [-0.2, 0) is 19.1 Å². The Kier molecular flexibility index (Phi) is 9.70. The summed E-state index contributed by atoms with van der Waals surface area (Å²) in [6, 6.07) is 6.09. The van der Waals surface area contributed by atoms with Crippen LogP contribution in [0.1, 0.15) is 139 Å². The van der Waals surface area contributed by atoms with Gasteiger partial charge < -0.3 is 15.2 Å². The van der Waals surface area contributed by atoms with Crippen molar-refractivity contribution < 1.29 is 28.6 Å². The molecule has 0 spiro atoms. The summed E-state index contributed by atoms with van der Waals surface area (Å²) in [5.41, 5.74) is 1.46. The molecule has 6 nitrogen and oxygen atoms in total. The average molecular weight is 706 g/mol. The van der Waals surface area contributed by atoms with E-state index in [1.807, 2.05) is 13.8 Å². The Labute approximate surface area is 306 Å². The van der Waals surface area contributed by atoms with Crippen LogP contribution in [0.15, 0.2) is 36.4 Å². The lowest BCUT2D eigenvalue weighted by Gasteiger charge is -2.73. The minimum atomic E-state index is -0.894. The van der Waals surface area contributed by atoms with Crippen molar-refractivity contribution in [3.05, 3.63) is 42.2 Å². The molecule has 0 heterocycles. The fourth-order valence-electron chi connectivity index (χ4n) is 13.9. The third-order valence-corrected chi connectivity index (χ3v) is 16.3. The van der Waals surface area contributed by atoms with Gasteiger partial charge in [0, 0.05) is 17.5 Å². The summed E-state index contributed by atoms with van der Waals surface area (Å²) in [5.74, 6) is 0.915. The molecule has 2 N–H and O–H groups in total. The molecule has 10 atom stereocenters. The van der Waals surface area contributed by atoms with Crippen molar-refractivity contribution in [2.75, 3.05) is 5.32 Å². The van der Waals surface area contributed by atoms with Crippen molar-refractivity contribution in [2.45, 2.75) is 145 Å². The fourth-order valence-corrected chi connectivity index (χ4v) is 13.9. The van der Waals surface area contributed by atoms with Gasteiger partial charge in [0.15, 0.2) is 0 Å². The number of allylic oxidation sites excluding steroid dienone is 1. The first-order chi connectivity index (χ1) is 23.7. The molecular formula is C44H64FNO5. The maximum Gasteiger partial charge on any atom is 0.306 e. The topological polar surface area (TPSA) is 92.7 Å². The van der Waals surface area contributed by atoms with Crippen LogP contribution in [0.2, 0.25) is 0 Å². The smallest absolute Gasteiger partial charge is 0.306 e. The van der Waals surface area contributed by atoms with E-state index in [0.29, 0.717) is 41.7 Å². The van der Waals surface area contributed by atoms with Crippen LogP contribution >= 0.6 is 0 Å². The highest BCUT2D eigenvalue weighted by molar-refractivity contribution is 5.91. The summed E-state index contributed by atoms with van der Waals surface area (Å²) in [7, 11) is 0. The van der Waals surface area contributed by atoms with Gasteiger partial charge in [0.05, 0.1) is 12.8 Å². The third-order valence-electron chi connectivity index (χ3n) is 16.3. The van der Waals surface area contributed by atoms with E-state index >= 15 is 0 Å². The summed E-state index contributed by atoms with van der Waals surface area (Å²) >= 11 is 0. The second kappa shape index (κ2) is 13.0. The molecular weight excluding hydrogens is 641 g/mol. The first-order valence-electron chi connectivity index (χ1n) is 19.8. The van der Waals surface area contributed by atoms with Gasteiger partial charge in [-0.25, -0.2) is 4.39 Å². The SMILES string of the molecule is C=C(C)[C@@H]1CC[C@]2(CC(=O)Nc3ccc(F)cc3)CC[C@]3(C)[C@H](CC[C@@H]4[C@@]5(C)CC[C@H](OC(=O)CC(C)(C)CC(=O)O)C(C)(C)[C@@H]5CC[C@]43C)[C@@H]12. The number of fused-ring (bicyclic) bond motifs is 7. The number of amides is 1. The first kappa shape index (κ1) is 38.0. The van der Waals surface area contributed by atoms with E-state index in [0.717, 1.165) is 51.4 Å². The Bertz CT molecular complexity index is 1550. The van der Waals surface area contributed by atoms with Gasteiger partial charge >= 0.3 is 11.9 Å². The van der Waals surface area contributed by atoms with E-state index in [1.54, 1.807) is 12.1 Å². The van der Waals surface area contributed by atoms with Crippen molar-refractivity contribution in [1.82, 2.24) is 0 Å². The standard InChI is InChI=1S/C44H64FNO5/c1-27(2)30-16-21-44(24-35(47)46-29-12-10-28(45)11-13-29)23-22-42(8)31(38(30)44)14-15-33-41(7)19-18-34(40(5,6)32(41)17-20-43(33,42)9)51-37(50)26-39(3,4)25-36(48)49/h10-13,30-34,38H,1,14-26H2,2-9H3,(H,46,47)(H,48,49)/t30-,31+,32-,33+,34-,38+,41-,42+,43+,44+/m0/s1. The summed E-state index contributed by atoms with van der Waals surface area (Å²) in [5, 5.41) is 12.4. The quantitative estimate of drug-likeness (QED) is 0.197. The largest absolute Gasteiger partial charge is 0.481 e. The minimum absolute atomic E-state index is 0.0376. The molecule has 0 aliphatic heterocycles. The number of esters is 1. The van der Waals surface area contributed by atoms with Gasteiger partial charge in [-0.05, 0) is 152 Å². The molecule has 0 bridgehead atoms. The molecule has 5 aliphatic carbocycles. The molecule has 0 unspecified atom stereocenters.